The number of benzene rings is 3. The van der Waals surface area contributed by atoms with Crippen LogP contribution in [0.4, 0.5) is 5.69 Å². The predicted molar refractivity (Wildman–Crippen MR) is 108 cm³/mol. The van der Waals surface area contributed by atoms with E-state index < -0.39 is 4.92 Å². The molecule has 0 saturated heterocycles. The van der Waals surface area contributed by atoms with Crippen molar-refractivity contribution < 1.29 is 14.5 Å². The molecule has 140 valence electrons. The first-order chi connectivity index (χ1) is 13.4. The van der Waals surface area contributed by atoms with Crippen LogP contribution in [0.15, 0.2) is 78.6 Å². The Kier molecular flexibility index (Phi) is 5.65. The van der Waals surface area contributed by atoms with Gasteiger partial charge in [-0.1, -0.05) is 59.7 Å². The second-order valence-corrected chi connectivity index (χ2v) is 6.47. The van der Waals surface area contributed by atoms with E-state index in [0.29, 0.717) is 11.3 Å². The molecule has 3 aromatic rings. The number of aryl methyl sites for hydroxylation is 2. The lowest BCUT2D eigenvalue weighted by molar-refractivity contribution is -0.384. The Morgan fingerprint density at radius 1 is 0.857 bits per heavy atom. The van der Waals surface area contributed by atoms with E-state index in [9.17, 15) is 14.9 Å². The van der Waals surface area contributed by atoms with Crippen LogP contribution in [0.2, 0.25) is 0 Å². The molecule has 0 spiro atoms. The Balaban J connectivity index is 1.95. The molecule has 0 atom stereocenters. The number of carbonyl (C=O) groups is 1. The van der Waals surface area contributed by atoms with Crippen LogP contribution in [0.25, 0.3) is 6.08 Å². The van der Waals surface area contributed by atoms with Crippen molar-refractivity contribution in [1.29, 1.82) is 0 Å². The maximum absolute atomic E-state index is 13.0. The summed E-state index contributed by atoms with van der Waals surface area (Å²) < 4.78 is 5.82. The number of nitrogens with zero attached hydrogens (tertiary/aromatic N) is 1. The summed E-state index contributed by atoms with van der Waals surface area (Å²) in [6.07, 6.45) is 1.67. The highest BCUT2D eigenvalue weighted by atomic mass is 16.6. The molecule has 0 N–H and O–H groups in total. The van der Waals surface area contributed by atoms with E-state index in [2.05, 4.69) is 0 Å². The zero-order chi connectivity index (χ0) is 20.1. The number of ketones is 1. The monoisotopic (exact) mass is 373 g/mol. The highest BCUT2D eigenvalue weighted by molar-refractivity contribution is 6.10. The number of Topliss-reactive ketones (excluding diaryl/α,β-unsaturated/α-hetero) is 1. The smallest absolute Gasteiger partial charge is 0.269 e. The summed E-state index contributed by atoms with van der Waals surface area (Å²) in [4.78, 5) is 23.3. The van der Waals surface area contributed by atoms with Crippen LogP contribution in [-0.4, -0.2) is 10.7 Å². The molecule has 3 aromatic carbocycles. The molecule has 28 heavy (non-hydrogen) atoms. The van der Waals surface area contributed by atoms with Crippen molar-refractivity contribution in [2.24, 2.45) is 0 Å². The summed E-state index contributed by atoms with van der Waals surface area (Å²) in [6.45, 7) is 3.93. The van der Waals surface area contributed by atoms with Crippen molar-refractivity contribution >= 4 is 17.5 Å². The summed E-state index contributed by atoms with van der Waals surface area (Å²) in [5.41, 5.74) is 3.45. The van der Waals surface area contributed by atoms with Crippen LogP contribution in [0.1, 0.15) is 27.0 Å². The third-order valence-electron chi connectivity index (χ3n) is 4.19. The SMILES string of the molecule is Cc1ccc(/C=C(\Oc2ccc([N+](=O)[O-])cc2)C(=O)c2ccc(C)cc2)cc1. The standard InChI is InChI=1S/C23H19NO4/c1-16-3-7-18(8-4-16)15-22(23(25)19-9-5-17(2)6-10-19)28-21-13-11-20(12-14-21)24(26)27/h3-15H,1-2H3/b22-15-. The molecule has 0 aliphatic heterocycles. The van der Waals surface area contributed by atoms with Crippen molar-refractivity contribution in [2.75, 3.05) is 0 Å². The second-order valence-electron chi connectivity index (χ2n) is 6.47. The lowest BCUT2D eigenvalue weighted by Crippen LogP contribution is -2.09. The van der Waals surface area contributed by atoms with Gasteiger partial charge in [-0.3, -0.25) is 14.9 Å². The van der Waals surface area contributed by atoms with Crippen LogP contribution in [0.5, 0.6) is 5.75 Å². The van der Waals surface area contributed by atoms with Crippen LogP contribution >= 0.6 is 0 Å². The van der Waals surface area contributed by atoms with Gasteiger partial charge in [0.15, 0.2) is 5.76 Å². The van der Waals surface area contributed by atoms with E-state index in [1.165, 1.54) is 24.3 Å². The highest BCUT2D eigenvalue weighted by Crippen LogP contribution is 2.22. The van der Waals surface area contributed by atoms with Crippen molar-refractivity contribution in [3.8, 4) is 5.75 Å². The number of rotatable bonds is 6. The molecule has 0 radical (unpaired) electrons. The second kappa shape index (κ2) is 8.31. The summed E-state index contributed by atoms with van der Waals surface area (Å²) >= 11 is 0. The fourth-order valence-corrected chi connectivity index (χ4v) is 2.57. The molecule has 0 aromatic heterocycles. The summed E-state index contributed by atoms with van der Waals surface area (Å²) in [5.74, 6) is 0.227. The van der Waals surface area contributed by atoms with E-state index in [-0.39, 0.29) is 17.2 Å². The minimum atomic E-state index is -0.482. The first-order valence-electron chi connectivity index (χ1n) is 8.74. The third-order valence-corrected chi connectivity index (χ3v) is 4.19. The third kappa shape index (κ3) is 4.71. The number of ether oxygens (including phenoxy) is 1. The molecular formula is C23H19NO4. The van der Waals surface area contributed by atoms with Gasteiger partial charge in [0.2, 0.25) is 5.78 Å². The van der Waals surface area contributed by atoms with Gasteiger partial charge in [-0.05, 0) is 37.6 Å². The number of nitro groups is 1. The van der Waals surface area contributed by atoms with E-state index in [0.717, 1.165) is 16.7 Å². The topological polar surface area (TPSA) is 69.4 Å². The molecule has 0 aliphatic rings. The molecule has 0 amide bonds. The average Bonchev–Trinajstić information content (AvgIpc) is 2.69. The van der Waals surface area contributed by atoms with Crippen LogP contribution in [0, 0.1) is 24.0 Å². The Morgan fingerprint density at radius 2 is 1.39 bits per heavy atom. The molecule has 0 unspecified atom stereocenters. The molecule has 5 heteroatoms. The van der Waals surface area contributed by atoms with E-state index in [1.807, 2.05) is 50.2 Å². The Bertz CT molecular complexity index is 1020. The lowest BCUT2D eigenvalue weighted by Gasteiger charge is -2.10. The van der Waals surface area contributed by atoms with Gasteiger partial charge in [-0.25, -0.2) is 0 Å². The number of non-ortho nitro benzene ring substituents is 1. The number of hydrogen-bond acceptors (Lipinski definition) is 4. The summed E-state index contributed by atoms with van der Waals surface area (Å²) in [7, 11) is 0. The van der Waals surface area contributed by atoms with Crippen molar-refractivity contribution in [2.45, 2.75) is 13.8 Å². The number of allylic oxidation sites excluding steroid dienone is 1. The van der Waals surface area contributed by atoms with Crippen molar-refractivity contribution in [3.63, 3.8) is 0 Å². The molecule has 0 aliphatic carbocycles. The summed E-state index contributed by atoms with van der Waals surface area (Å²) in [5, 5.41) is 10.8. The quantitative estimate of drug-likeness (QED) is 0.188. The first-order valence-corrected chi connectivity index (χ1v) is 8.74. The Hall–Kier alpha value is -3.73. The molecular weight excluding hydrogens is 354 g/mol. The van der Waals surface area contributed by atoms with Gasteiger partial charge in [0, 0.05) is 17.7 Å². The largest absolute Gasteiger partial charge is 0.453 e. The van der Waals surface area contributed by atoms with Gasteiger partial charge in [-0.2, -0.15) is 0 Å². The van der Waals surface area contributed by atoms with E-state index in [1.54, 1.807) is 18.2 Å². The van der Waals surface area contributed by atoms with Gasteiger partial charge in [0.1, 0.15) is 5.75 Å². The molecule has 0 fully saturated rings. The van der Waals surface area contributed by atoms with E-state index >= 15 is 0 Å². The van der Waals surface area contributed by atoms with Crippen LogP contribution in [0.3, 0.4) is 0 Å². The molecule has 0 heterocycles. The molecule has 5 nitrogen and oxygen atoms in total. The minimum Gasteiger partial charge on any atom is -0.453 e. The average molecular weight is 373 g/mol. The number of nitro benzene ring substituents is 1. The first kappa shape index (κ1) is 19.0. The Labute approximate surface area is 163 Å². The van der Waals surface area contributed by atoms with Crippen LogP contribution < -0.4 is 4.74 Å². The van der Waals surface area contributed by atoms with Gasteiger partial charge < -0.3 is 4.74 Å². The Morgan fingerprint density at radius 3 is 1.93 bits per heavy atom. The molecule has 3 rings (SSSR count). The zero-order valence-electron chi connectivity index (χ0n) is 15.6. The minimum absolute atomic E-state index is 0.0405. The van der Waals surface area contributed by atoms with Gasteiger partial charge >= 0.3 is 0 Å². The number of carbonyl (C=O) groups excluding carboxylic acids is 1. The summed E-state index contributed by atoms with van der Waals surface area (Å²) in [6, 6.07) is 20.6. The molecule has 0 bridgehead atoms. The molecule has 0 saturated carbocycles. The predicted octanol–water partition coefficient (Wildman–Crippen LogP) is 5.51. The number of hydrogen-bond donors (Lipinski definition) is 0. The van der Waals surface area contributed by atoms with Crippen LogP contribution in [-0.2, 0) is 0 Å². The van der Waals surface area contributed by atoms with Crippen molar-refractivity contribution in [3.05, 3.63) is 111 Å². The fraction of sp³-hybridized carbons (Fsp3) is 0.0870. The van der Waals surface area contributed by atoms with Gasteiger partial charge in [-0.15, -0.1) is 0 Å². The highest BCUT2D eigenvalue weighted by Gasteiger charge is 2.16. The maximum atomic E-state index is 13.0. The lowest BCUT2D eigenvalue weighted by atomic mass is 10.1. The normalized spacial score (nSPS) is 11.1. The fourth-order valence-electron chi connectivity index (χ4n) is 2.57. The van der Waals surface area contributed by atoms with Gasteiger partial charge in [0.05, 0.1) is 4.92 Å². The van der Waals surface area contributed by atoms with Crippen molar-refractivity contribution in [1.82, 2.24) is 0 Å². The zero-order valence-corrected chi connectivity index (χ0v) is 15.6. The maximum Gasteiger partial charge on any atom is 0.269 e. The van der Waals surface area contributed by atoms with Gasteiger partial charge in [0.25, 0.3) is 5.69 Å². The van der Waals surface area contributed by atoms with E-state index in [4.69, 9.17) is 4.74 Å².